The van der Waals surface area contributed by atoms with E-state index >= 15 is 0 Å². The monoisotopic (exact) mass is 217 g/mol. The molecule has 0 saturated carbocycles. The highest BCUT2D eigenvalue weighted by Crippen LogP contribution is 2.18. The van der Waals surface area contributed by atoms with Gasteiger partial charge in [-0.2, -0.15) is 0 Å². The van der Waals surface area contributed by atoms with Crippen molar-refractivity contribution in [2.75, 3.05) is 0 Å². The van der Waals surface area contributed by atoms with Crippen LogP contribution in [-0.2, 0) is 9.53 Å². The molecule has 1 amide bonds. The SMILES string of the molecule is [B]C/C(C=C)=C/C1=C(C)OC(CC)C(=O)N1. The molecule has 2 radical (unpaired) electrons. The summed E-state index contributed by atoms with van der Waals surface area (Å²) in [5, 5.41) is 2.80. The Balaban J connectivity index is 2.93. The summed E-state index contributed by atoms with van der Waals surface area (Å²) in [7, 11) is 5.52. The van der Waals surface area contributed by atoms with Crippen molar-refractivity contribution in [3.63, 3.8) is 0 Å². The van der Waals surface area contributed by atoms with Crippen molar-refractivity contribution >= 4 is 13.8 Å². The fraction of sp³-hybridized carbons (Fsp3) is 0.417. The van der Waals surface area contributed by atoms with Crippen LogP contribution < -0.4 is 5.32 Å². The Morgan fingerprint density at radius 1 is 1.69 bits per heavy atom. The van der Waals surface area contributed by atoms with Gasteiger partial charge in [0, 0.05) is 0 Å². The Morgan fingerprint density at radius 3 is 2.88 bits per heavy atom. The number of hydrogen-bond donors (Lipinski definition) is 1. The number of amides is 1. The first-order chi connectivity index (χ1) is 7.62. The van der Waals surface area contributed by atoms with E-state index in [-0.39, 0.29) is 12.0 Å². The van der Waals surface area contributed by atoms with Crippen molar-refractivity contribution in [1.82, 2.24) is 5.32 Å². The standard InChI is InChI=1S/C12H16BNO2/c1-4-9(7-13)6-10-8(3)16-11(5-2)12(15)14-10/h4,6,11H,1,5,7H2,2-3H3,(H,14,15)/b9-6+. The van der Waals surface area contributed by atoms with Crippen LogP contribution >= 0.6 is 0 Å². The molecule has 1 atom stereocenters. The number of allylic oxidation sites excluding steroid dienone is 4. The van der Waals surface area contributed by atoms with Crippen LogP contribution in [0.4, 0.5) is 0 Å². The smallest absolute Gasteiger partial charge is 0.265 e. The van der Waals surface area contributed by atoms with Crippen LogP contribution in [-0.4, -0.2) is 19.9 Å². The average Bonchev–Trinajstić information content (AvgIpc) is 2.29. The molecule has 0 aromatic heterocycles. The van der Waals surface area contributed by atoms with E-state index in [0.29, 0.717) is 24.2 Å². The van der Waals surface area contributed by atoms with E-state index < -0.39 is 0 Å². The second-order valence-electron chi connectivity index (χ2n) is 3.60. The van der Waals surface area contributed by atoms with Crippen molar-refractivity contribution < 1.29 is 9.53 Å². The summed E-state index contributed by atoms with van der Waals surface area (Å²) in [6.45, 7) is 7.38. The summed E-state index contributed by atoms with van der Waals surface area (Å²) in [6, 6.07) is 0. The summed E-state index contributed by atoms with van der Waals surface area (Å²) < 4.78 is 5.50. The highest BCUT2D eigenvalue weighted by Gasteiger charge is 2.24. The quantitative estimate of drug-likeness (QED) is 0.576. The second kappa shape index (κ2) is 5.59. The van der Waals surface area contributed by atoms with E-state index in [1.807, 2.05) is 13.8 Å². The fourth-order valence-electron chi connectivity index (χ4n) is 1.42. The predicted molar refractivity (Wildman–Crippen MR) is 64.8 cm³/mol. The van der Waals surface area contributed by atoms with Gasteiger partial charge < -0.3 is 10.1 Å². The molecule has 0 bridgehead atoms. The molecule has 1 rings (SSSR count). The molecule has 0 aromatic rings. The van der Waals surface area contributed by atoms with Gasteiger partial charge in [-0.15, -0.1) is 0 Å². The van der Waals surface area contributed by atoms with Gasteiger partial charge in [-0.1, -0.05) is 31.5 Å². The molecule has 3 nitrogen and oxygen atoms in total. The molecule has 0 spiro atoms. The van der Waals surface area contributed by atoms with Crippen LogP contribution in [0.2, 0.25) is 6.32 Å². The maximum Gasteiger partial charge on any atom is 0.265 e. The number of carbonyl (C=O) groups excluding carboxylic acids is 1. The Kier molecular flexibility index (Phi) is 4.41. The third kappa shape index (κ3) is 2.78. The molecule has 0 aromatic carbocycles. The van der Waals surface area contributed by atoms with E-state index in [4.69, 9.17) is 12.6 Å². The normalized spacial score (nSPS) is 21.5. The zero-order valence-corrected chi connectivity index (χ0v) is 9.75. The van der Waals surface area contributed by atoms with Gasteiger partial charge in [-0.25, -0.2) is 0 Å². The van der Waals surface area contributed by atoms with Crippen molar-refractivity contribution in [2.45, 2.75) is 32.7 Å². The summed E-state index contributed by atoms with van der Waals surface area (Å²) in [6.07, 6.45) is 4.10. The van der Waals surface area contributed by atoms with Crippen LogP contribution in [0.25, 0.3) is 0 Å². The maximum absolute atomic E-state index is 11.6. The first-order valence-corrected chi connectivity index (χ1v) is 5.33. The molecule has 1 heterocycles. The average molecular weight is 217 g/mol. The summed E-state index contributed by atoms with van der Waals surface area (Å²) in [5.41, 5.74) is 1.52. The maximum atomic E-state index is 11.6. The highest BCUT2D eigenvalue weighted by atomic mass is 16.5. The van der Waals surface area contributed by atoms with E-state index in [1.54, 1.807) is 12.2 Å². The second-order valence-corrected chi connectivity index (χ2v) is 3.60. The summed E-state index contributed by atoms with van der Waals surface area (Å²) >= 11 is 0. The number of nitrogens with one attached hydrogen (secondary N) is 1. The third-order valence-corrected chi connectivity index (χ3v) is 2.45. The Bertz CT molecular complexity index is 358. The Morgan fingerprint density at radius 2 is 2.38 bits per heavy atom. The summed E-state index contributed by atoms with van der Waals surface area (Å²) in [4.78, 5) is 11.6. The van der Waals surface area contributed by atoms with Crippen LogP contribution in [0.3, 0.4) is 0 Å². The van der Waals surface area contributed by atoms with Gasteiger partial charge in [0.2, 0.25) is 0 Å². The Hall–Kier alpha value is -1.45. The van der Waals surface area contributed by atoms with Crippen molar-refractivity contribution in [1.29, 1.82) is 0 Å². The number of rotatable bonds is 4. The van der Waals surface area contributed by atoms with E-state index in [9.17, 15) is 4.79 Å². The lowest BCUT2D eigenvalue weighted by atomic mass is 9.96. The minimum atomic E-state index is -0.387. The molecule has 16 heavy (non-hydrogen) atoms. The largest absolute Gasteiger partial charge is 0.483 e. The lowest BCUT2D eigenvalue weighted by Gasteiger charge is -2.25. The van der Waals surface area contributed by atoms with E-state index in [2.05, 4.69) is 11.9 Å². The minimum Gasteiger partial charge on any atom is -0.483 e. The van der Waals surface area contributed by atoms with Crippen LogP contribution in [0.5, 0.6) is 0 Å². The van der Waals surface area contributed by atoms with Crippen molar-refractivity contribution in [3.8, 4) is 0 Å². The topological polar surface area (TPSA) is 38.3 Å². The molecule has 84 valence electrons. The molecule has 0 aliphatic carbocycles. The lowest BCUT2D eigenvalue weighted by molar-refractivity contribution is -0.131. The predicted octanol–water partition coefficient (Wildman–Crippen LogP) is 1.84. The fourth-order valence-corrected chi connectivity index (χ4v) is 1.42. The number of carbonyl (C=O) groups is 1. The van der Waals surface area contributed by atoms with Gasteiger partial charge in [0.1, 0.15) is 5.76 Å². The van der Waals surface area contributed by atoms with Gasteiger partial charge in [-0.3, -0.25) is 4.79 Å². The molecule has 1 N–H and O–H groups in total. The van der Waals surface area contributed by atoms with E-state index in [1.165, 1.54) is 0 Å². The lowest BCUT2D eigenvalue weighted by Crippen LogP contribution is -2.39. The zero-order chi connectivity index (χ0) is 12.1. The first-order valence-electron chi connectivity index (χ1n) is 5.33. The first kappa shape index (κ1) is 12.6. The van der Waals surface area contributed by atoms with Crippen molar-refractivity contribution in [3.05, 3.63) is 35.8 Å². The Labute approximate surface area is 97.7 Å². The van der Waals surface area contributed by atoms with Gasteiger partial charge in [-0.05, 0) is 19.4 Å². The van der Waals surface area contributed by atoms with Gasteiger partial charge in [0.05, 0.1) is 13.5 Å². The van der Waals surface area contributed by atoms with E-state index in [0.717, 1.165) is 5.57 Å². The molecule has 1 aliphatic rings. The van der Waals surface area contributed by atoms with Crippen LogP contribution in [0.1, 0.15) is 20.3 Å². The molecule has 1 unspecified atom stereocenters. The van der Waals surface area contributed by atoms with Gasteiger partial charge >= 0.3 is 0 Å². The minimum absolute atomic E-state index is 0.111. The van der Waals surface area contributed by atoms with Crippen molar-refractivity contribution in [2.24, 2.45) is 0 Å². The molecule has 1 aliphatic heterocycles. The molecular formula is C12H16BNO2. The number of ether oxygens (including phenoxy) is 1. The molecule has 0 saturated heterocycles. The molecule has 4 heteroatoms. The zero-order valence-electron chi connectivity index (χ0n) is 9.75. The number of hydrogen-bond acceptors (Lipinski definition) is 2. The van der Waals surface area contributed by atoms with Crippen LogP contribution in [0, 0.1) is 0 Å². The molecule has 0 fully saturated rings. The highest BCUT2D eigenvalue weighted by molar-refractivity contribution is 6.10. The third-order valence-electron chi connectivity index (χ3n) is 2.45. The van der Waals surface area contributed by atoms with Crippen LogP contribution in [0.15, 0.2) is 35.8 Å². The van der Waals surface area contributed by atoms with Gasteiger partial charge in [0.25, 0.3) is 5.91 Å². The summed E-state index contributed by atoms with van der Waals surface area (Å²) in [5.74, 6) is 0.596. The van der Waals surface area contributed by atoms with Gasteiger partial charge in [0.15, 0.2) is 6.10 Å². The molecular weight excluding hydrogens is 201 g/mol.